The third-order valence-electron chi connectivity index (χ3n) is 5.51. The minimum atomic E-state index is -2.27. The Morgan fingerprint density at radius 3 is 2.27 bits per heavy atom. The maximum Gasteiger partial charge on any atom is 0.338 e. The number of ether oxygens (including phenoxy) is 1. The first-order chi connectivity index (χ1) is 17.5. The van der Waals surface area contributed by atoms with Crippen molar-refractivity contribution in [2.75, 3.05) is 24.6 Å². The smallest absolute Gasteiger partial charge is 0.338 e. The highest BCUT2D eigenvalue weighted by Crippen LogP contribution is 2.33. The molecule has 198 valence electrons. The predicted molar refractivity (Wildman–Crippen MR) is 133 cm³/mol. The quantitative estimate of drug-likeness (QED) is 0.224. The third kappa shape index (κ3) is 8.57. The van der Waals surface area contributed by atoms with E-state index in [9.17, 15) is 19.6 Å². The summed E-state index contributed by atoms with van der Waals surface area (Å²) in [5.74, 6) is -3.83. The summed E-state index contributed by atoms with van der Waals surface area (Å²) in [4.78, 5) is 33.7. The van der Waals surface area contributed by atoms with Crippen LogP contribution in [0, 0.1) is 11.3 Å². The highest BCUT2D eigenvalue weighted by Gasteiger charge is 2.29. The molecule has 0 fully saturated rings. The molecule has 11 heteroatoms. The van der Waals surface area contributed by atoms with Crippen molar-refractivity contribution >= 4 is 23.6 Å². The number of carbonyl (C=O) groups excluding carboxylic acids is 1. The molecule has 2 aromatic rings. The van der Waals surface area contributed by atoms with Crippen LogP contribution in [0.2, 0.25) is 0 Å². The van der Waals surface area contributed by atoms with Gasteiger partial charge in [0.25, 0.3) is 0 Å². The molecule has 3 atom stereocenters. The molecule has 0 spiro atoms. The number of hydrogen-bond donors (Lipinski definition) is 5. The molecule has 1 unspecified atom stereocenters. The van der Waals surface area contributed by atoms with Crippen molar-refractivity contribution in [1.82, 2.24) is 0 Å². The van der Waals surface area contributed by atoms with Crippen LogP contribution in [-0.2, 0) is 27.2 Å². The van der Waals surface area contributed by atoms with Gasteiger partial charge in [-0.1, -0.05) is 24.3 Å². The minimum Gasteiger partial charge on any atom is -0.479 e. The first-order valence-corrected chi connectivity index (χ1v) is 11.7. The van der Waals surface area contributed by atoms with Crippen molar-refractivity contribution in [3.8, 4) is 6.07 Å². The van der Waals surface area contributed by atoms with Crippen LogP contribution >= 0.6 is 0 Å². The molecule has 0 bridgehead atoms. The van der Waals surface area contributed by atoms with Crippen LogP contribution in [0.25, 0.3) is 0 Å². The van der Waals surface area contributed by atoms with E-state index in [1.165, 1.54) is 5.56 Å². The summed E-state index contributed by atoms with van der Waals surface area (Å²) in [7, 11) is 0. The van der Waals surface area contributed by atoms with E-state index >= 15 is 0 Å². The molecular formula is C26H31N3O8. The number of anilines is 1. The number of aliphatic hydroxyl groups excluding tert-OH is 2. The van der Waals surface area contributed by atoms with E-state index in [0.717, 1.165) is 43.6 Å². The fourth-order valence-electron chi connectivity index (χ4n) is 3.84. The Hall–Kier alpha value is -3.98. The zero-order chi connectivity index (χ0) is 27.5. The van der Waals surface area contributed by atoms with Gasteiger partial charge in [0, 0.05) is 19.1 Å². The molecule has 1 aliphatic heterocycles. The predicted octanol–water partition coefficient (Wildman–Crippen LogP) is 0.935. The van der Waals surface area contributed by atoms with Crippen molar-refractivity contribution in [1.29, 1.82) is 5.26 Å². The number of esters is 1. The molecule has 0 saturated carbocycles. The van der Waals surface area contributed by atoms with Gasteiger partial charge in [-0.2, -0.15) is 5.26 Å². The topological polar surface area (TPSA) is 194 Å². The highest BCUT2D eigenvalue weighted by molar-refractivity contribution is 5.89. The van der Waals surface area contributed by atoms with E-state index in [2.05, 4.69) is 17.0 Å². The largest absolute Gasteiger partial charge is 0.479 e. The molecule has 0 aromatic heterocycles. The van der Waals surface area contributed by atoms with Crippen molar-refractivity contribution in [2.45, 2.75) is 44.4 Å². The molecule has 11 nitrogen and oxygen atoms in total. The van der Waals surface area contributed by atoms with Gasteiger partial charge >= 0.3 is 17.9 Å². The minimum absolute atomic E-state index is 0.0754. The highest BCUT2D eigenvalue weighted by atomic mass is 16.5. The Labute approximate surface area is 214 Å². The maximum atomic E-state index is 12.0. The summed E-state index contributed by atoms with van der Waals surface area (Å²) < 4.78 is 5.35. The second-order valence-corrected chi connectivity index (χ2v) is 8.60. The number of nitrogens with two attached hydrogens (primary N) is 1. The lowest BCUT2D eigenvalue weighted by Gasteiger charge is -2.21. The zero-order valence-corrected chi connectivity index (χ0v) is 20.4. The fourth-order valence-corrected chi connectivity index (χ4v) is 3.84. The molecule has 6 N–H and O–H groups in total. The molecular weight excluding hydrogens is 482 g/mol. The number of carbonyl (C=O) groups is 3. The average molecular weight is 514 g/mol. The summed E-state index contributed by atoms with van der Waals surface area (Å²) in [5.41, 5.74) is 10.5. The normalized spacial score (nSPS) is 14.3. The molecule has 1 aliphatic rings. The lowest BCUT2D eigenvalue weighted by molar-refractivity contribution is -0.165. The van der Waals surface area contributed by atoms with Gasteiger partial charge in [-0.05, 0) is 55.5 Å². The summed E-state index contributed by atoms with van der Waals surface area (Å²) >= 11 is 0. The van der Waals surface area contributed by atoms with Crippen LogP contribution in [0.3, 0.4) is 0 Å². The number of aliphatic hydroxyl groups is 2. The van der Waals surface area contributed by atoms with E-state index in [-0.39, 0.29) is 12.0 Å². The molecule has 3 rings (SSSR count). The SMILES string of the molecule is CC(N)Cc1cc(C#N)c2c(c1)CCN2CCCOC(=O)c1ccccc1.O=C(O)[C@H](O)[C@@H](O)C(=O)O. The fraction of sp³-hybridized carbons (Fsp3) is 0.385. The van der Waals surface area contributed by atoms with Crippen molar-refractivity contribution in [2.24, 2.45) is 5.73 Å². The average Bonchev–Trinajstić information content (AvgIpc) is 3.28. The van der Waals surface area contributed by atoms with Crippen LogP contribution in [0.1, 0.15) is 40.4 Å². The number of carboxylic acids is 2. The van der Waals surface area contributed by atoms with Crippen LogP contribution in [0.5, 0.6) is 0 Å². The second kappa shape index (κ2) is 13.9. The van der Waals surface area contributed by atoms with Gasteiger partial charge in [-0.15, -0.1) is 0 Å². The summed E-state index contributed by atoms with van der Waals surface area (Å²) in [5, 5.41) is 42.1. The first-order valence-electron chi connectivity index (χ1n) is 11.7. The van der Waals surface area contributed by atoms with Crippen LogP contribution in [-0.4, -0.2) is 76.3 Å². The van der Waals surface area contributed by atoms with E-state index < -0.39 is 24.1 Å². The maximum absolute atomic E-state index is 12.0. The van der Waals surface area contributed by atoms with E-state index in [1.54, 1.807) is 12.1 Å². The van der Waals surface area contributed by atoms with Crippen LogP contribution in [0.4, 0.5) is 5.69 Å². The van der Waals surface area contributed by atoms with E-state index in [4.69, 9.17) is 30.9 Å². The van der Waals surface area contributed by atoms with Crippen molar-refractivity contribution in [3.05, 3.63) is 64.7 Å². The number of carboxylic acid groups (broad SMARTS) is 2. The molecule has 0 amide bonds. The Bertz CT molecular complexity index is 1110. The number of hydrogen-bond acceptors (Lipinski definition) is 9. The molecule has 37 heavy (non-hydrogen) atoms. The van der Waals surface area contributed by atoms with Gasteiger partial charge in [0.05, 0.1) is 23.4 Å². The summed E-state index contributed by atoms with van der Waals surface area (Å²) in [6.45, 7) is 3.99. The number of aliphatic carboxylic acids is 2. The van der Waals surface area contributed by atoms with Gasteiger partial charge in [0.15, 0.2) is 12.2 Å². The van der Waals surface area contributed by atoms with Gasteiger partial charge in [-0.3, -0.25) is 0 Å². The van der Waals surface area contributed by atoms with Crippen LogP contribution < -0.4 is 10.6 Å². The molecule has 2 aromatic carbocycles. The van der Waals surface area contributed by atoms with Crippen LogP contribution in [0.15, 0.2) is 42.5 Å². The first kappa shape index (κ1) is 29.3. The number of nitriles is 1. The Kier molecular flexibility index (Phi) is 11.0. The lowest BCUT2D eigenvalue weighted by atomic mass is 9.99. The van der Waals surface area contributed by atoms with Crippen molar-refractivity contribution in [3.63, 3.8) is 0 Å². The number of nitrogens with zero attached hydrogens (tertiary/aromatic N) is 2. The monoisotopic (exact) mass is 513 g/mol. The number of rotatable bonds is 10. The number of benzene rings is 2. The third-order valence-corrected chi connectivity index (χ3v) is 5.51. The molecule has 0 saturated heterocycles. The van der Waals surface area contributed by atoms with Crippen molar-refractivity contribution < 1.29 is 39.5 Å². The molecule has 1 heterocycles. The second-order valence-electron chi connectivity index (χ2n) is 8.60. The molecule has 0 aliphatic carbocycles. The van der Waals surface area contributed by atoms with Gasteiger partial charge in [-0.25, -0.2) is 14.4 Å². The summed E-state index contributed by atoms with van der Waals surface area (Å²) in [6.07, 6.45) is -2.10. The zero-order valence-electron chi connectivity index (χ0n) is 20.4. The van der Waals surface area contributed by atoms with Gasteiger partial charge in [0.1, 0.15) is 6.07 Å². The van der Waals surface area contributed by atoms with E-state index in [1.807, 2.05) is 31.2 Å². The van der Waals surface area contributed by atoms with Gasteiger partial charge < -0.3 is 35.8 Å². The van der Waals surface area contributed by atoms with E-state index in [0.29, 0.717) is 17.7 Å². The Morgan fingerprint density at radius 2 is 1.73 bits per heavy atom. The van der Waals surface area contributed by atoms with Gasteiger partial charge in [0.2, 0.25) is 0 Å². The Balaban J connectivity index is 0.000000410. The summed E-state index contributed by atoms with van der Waals surface area (Å²) in [6, 6.07) is 15.5. The molecule has 0 radical (unpaired) electrons. The Morgan fingerprint density at radius 1 is 1.11 bits per heavy atom. The number of fused-ring (bicyclic) bond motifs is 1. The lowest BCUT2D eigenvalue weighted by Crippen LogP contribution is -2.39. The standard InChI is InChI=1S/C22H25N3O2.C4H6O6/c1-16(24)12-17-13-19-8-10-25(21(19)20(14-17)15-23)9-5-11-27-22(26)18-6-3-2-4-7-18;5-1(3(7)8)2(6)4(9)10/h2-4,6-7,13-14,16H,5,8-12,24H2,1H3;1-2,5-6H,(H,7,8)(H,9,10)/t;1-,2-/m.1/s1.